The predicted octanol–water partition coefficient (Wildman–Crippen LogP) is 2.21. The lowest BCUT2D eigenvalue weighted by atomic mass is 10.0. The molecule has 5 rings (SSSR count). The van der Waals surface area contributed by atoms with Crippen LogP contribution in [0.4, 0.5) is 4.39 Å². The number of benzene rings is 4. The number of aromatic amines is 1. The molecular formula is C65H82FN11O17S. The van der Waals surface area contributed by atoms with Crippen LogP contribution in [-0.4, -0.2) is 156 Å². The van der Waals surface area contributed by atoms with Crippen LogP contribution in [0.1, 0.15) is 123 Å². The van der Waals surface area contributed by atoms with Crippen LogP contribution in [-0.2, 0) is 82.0 Å². The number of unbranched alkanes of at least 4 members (excludes halogenated alkanes) is 3. The topological polar surface area (TPSA) is 450 Å². The summed E-state index contributed by atoms with van der Waals surface area (Å²) in [5.41, 5.74) is 9.19. The molecule has 1 aromatic heterocycles. The summed E-state index contributed by atoms with van der Waals surface area (Å²) in [5, 5.41) is 49.5. The van der Waals surface area contributed by atoms with Crippen molar-refractivity contribution in [2.75, 3.05) is 19.6 Å². The minimum absolute atomic E-state index is 0.0122. The molecule has 1 heterocycles. The van der Waals surface area contributed by atoms with Gasteiger partial charge in [-0.05, 0) is 117 Å². The van der Waals surface area contributed by atoms with Gasteiger partial charge in [-0.1, -0.05) is 79.9 Å². The highest BCUT2D eigenvalue weighted by Gasteiger charge is 2.34. The highest BCUT2D eigenvalue weighted by Crippen LogP contribution is 2.21. The number of rotatable bonds is 42. The molecule has 0 aliphatic heterocycles. The van der Waals surface area contributed by atoms with E-state index in [2.05, 4.69) is 47.5 Å². The van der Waals surface area contributed by atoms with Crippen LogP contribution in [0.15, 0.2) is 108 Å². The van der Waals surface area contributed by atoms with Crippen LogP contribution in [0.25, 0.3) is 10.9 Å². The molecule has 0 saturated heterocycles. The minimum atomic E-state index is -4.55. The molecule has 0 fully saturated rings. The molecule has 0 spiro atoms. The number of para-hydroxylation sites is 1. The number of aromatic nitrogens is 1. The molecule has 9 amide bonds. The molecule has 0 aliphatic carbocycles. The number of carbonyl (C=O) groups excluding carboxylic acids is 9. The summed E-state index contributed by atoms with van der Waals surface area (Å²) in [5.74, 6) is -12.9. The zero-order valence-electron chi connectivity index (χ0n) is 52.6. The fourth-order valence-electron chi connectivity index (χ4n) is 9.96. The number of nitrogens with one attached hydrogen (secondary N) is 10. The molecule has 30 heteroatoms. The maximum atomic E-state index is 14.6. The van der Waals surface area contributed by atoms with Crippen LogP contribution >= 0.6 is 0 Å². The molecule has 0 radical (unpaired) electrons. The Morgan fingerprint density at radius 2 is 1.14 bits per heavy atom. The second-order valence-electron chi connectivity index (χ2n) is 22.7. The molecule has 512 valence electrons. The number of hydrogen-bond acceptors (Lipinski definition) is 14. The lowest BCUT2D eigenvalue weighted by molar-refractivity contribution is -0.140. The number of amides is 9. The summed E-state index contributed by atoms with van der Waals surface area (Å²) >= 11 is 0. The highest BCUT2D eigenvalue weighted by atomic mass is 32.2. The highest BCUT2D eigenvalue weighted by molar-refractivity contribution is 7.89. The van der Waals surface area contributed by atoms with Crippen molar-refractivity contribution < 1.29 is 85.7 Å². The van der Waals surface area contributed by atoms with E-state index in [4.69, 9.17) is 5.73 Å². The van der Waals surface area contributed by atoms with Gasteiger partial charge in [-0.15, -0.1) is 0 Å². The zero-order chi connectivity index (χ0) is 69.6. The number of H-pyrrole nitrogens is 1. The monoisotopic (exact) mass is 1340 g/mol. The molecular weight excluding hydrogens is 1260 g/mol. The standard InChI is InChI=1S/C65H82FN11O17S/c1-3-12-40-21-25-45(26-22-40)95(93,94)77-53(36-58(84)85)65(92)75-50(28-30-57(82)83)62(89)71-38-55(79)73-51(34-41-13-11-14-44(66)33-41)63(90)76-52(35-43-37-70-47-16-7-6-15-46(43)47)64(91)74-49(27-29-56(80)81)61(88)69-31-9-4-5-18-54(78)72-48(59(67)86)17-8-10-32-68-60(87)42-23-19-39(2)20-24-42/h6-7,11,13-16,19-26,33,37,48-53,70,77H,3-5,8-10,12,17-18,27-32,34-36,38H2,1-2H3,(H2,67,86)(H,68,87)(H,69,88)(H,71,89)(H,72,78)(H,73,79)(H,74,91)(H,75,92)(H,76,90)(H,80,81)(H,82,83)(H,84,85). The van der Waals surface area contributed by atoms with Crippen molar-refractivity contribution in [3.05, 3.63) is 137 Å². The summed E-state index contributed by atoms with van der Waals surface area (Å²) in [6, 6.07) is 15.0. The third kappa shape index (κ3) is 26.4. The second-order valence-corrected chi connectivity index (χ2v) is 24.4. The molecule has 4 aromatic carbocycles. The van der Waals surface area contributed by atoms with Crippen molar-refractivity contribution in [2.24, 2.45) is 5.73 Å². The van der Waals surface area contributed by atoms with Gasteiger partial charge in [0.15, 0.2) is 0 Å². The first-order chi connectivity index (χ1) is 45.2. The number of carboxylic acid groups (broad SMARTS) is 3. The quantitative estimate of drug-likeness (QED) is 0.0249. The Balaban J connectivity index is 1.24. The number of fused-ring (bicyclic) bond motifs is 1. The zero-order valence-corrected chi connectivity index (χ0v) is 53.5. The number of primary amides is 1. The number of aliphatic carboxylic acids is 3. The Hall–Kier alpha value is -10.1. The number of aryl methyl sites for hydroxylation is 2. The van der Waals surface area contributed by atoms with Crippen LogP contribution in [0.2, 0.25) is 0 Å². The van der Waals surface area contributed by atoms with Crippen molar-refractivity contribution in [2.45, 2.75) is 158 Å². The van der Waals surface area contributed by atoms with E-state index in [1.807, 2.05) is 30.7 Å². The van der Waals surface area contributed by atoms with Gasteiger partial charge < -0.3 is 68.6 Å². The van der Waals surface area contributed by atoms with Crippen LogP contribution < -0.4 is 53.0 Å². The minimum Gasteiger partial charge on any atom is -0.481 e. The summed E-state index contributed by atoms with van der Waals surface area (Å²) in [4.78, 5) is 160. The lowest BCUT2D eigenvalue weighted by Gasteiger charge is -2.26. The van der Waals surface area contributed by atoms with Crippen LogP contribution in [0.5, 0.6) is 0 Å². The average molecular weight is 1340 g/mol. The molecule has 15 N–H and O–H groups in total. The Bertz CT molecular complexity index is 3630. The molecule has 0 aliphatic rings. The summed E-state index contributed by atoms with van der Waals surface area (Å²) in [6.45, 7) is 3.21. The molecule has 28 nitrogen and oxygen atoms in total. The Labute approximate surface area is 547 Å². The van der Waals surface area contributed by atoms with Gasteiger partial charge in [0.2, 0.25) is 57.3 Å². The predicted molar refractivity (Wildman–Crippen MR) is 343 cm³/mol. The molecule has 0 bridgehead atoms. The van der Waals surface area contributed by atoms with Crippen LogP contribution in [0, 0.1) is 12.7 Å². The summed E-state index contributed by atoms with van der Waals surface area (Å²) in [7, 11) is -4.55. The van der Waals surface area contributed by atoms with Gasteiger partial charge in [0.05, 0.1) is 17.9 Å². The fourth-order valence-corrected chi connectivity index (χ4v) is 11.2. The number of sulfonamides is 1. The van der Waals surface area contributed by atoms with E-state index in [-0.39, 0.29) is 42.2 Å². The van der Waals surface area contributed by atoms with E-state index in [0.29, 0.717) is 67.1 Å². The van der Waals surface area contributed by atoms with Gasteiger partial charge in [0.1, 0.15) is 42.1 Å². The number of carboxylic acids is 3. The van der Waals surface area contributed by atoms with Crippen molar-refractivity contribution >= 4 is 92.0 Å². The van der Waals surface area contributed by atoms with E-state index in [9.17, 15) is 85.7 Å². The average Bonchev–Trinajstić information content (AvgIpc) is 1.79. The van der Waals surface area contributed by atoms with E-state index in [1.165, 1.54) is 36.4 Å². The smallest absolute Gasteiger partial charge is 0.305 e. The van der Waals surface area contributed by atoms with Crippen molar-refractivity contribution in [3.8, 4) is 0 Å². The lowest BCUT2D eigenvalue weighted by Crippen LogP contribution is -2.58. The summed E-state index contributed by atoms with van der Waals surface area (Å²) in [6.07, 6.45) is 1.08. The third-order valence-electron chi connectivity index (χ3n) is 15.0. The molecule has 6 atom stereocenters. The van der Waals surface area contributed by atoms with Gasteiger partial charge in [-0.25, -0.2) is 12.8 Å². The van der Waals surface area contributed by atoms with Gasteiger partial charge in [0.25, 0.3) is 5.91 Å². The van der Waals surface area contributed by atoms with Gasteiger partial charge in [-0.2, -0.15) is 4.72 Å². The van der Waals surface area contributed by atoms with E-state index in [1.54, 1.807) is 42.6 Å². The van der Waals surface area contributed by atoms with Crippen LogP contribution in [0.3, 0.4) is 0 Å². The first-order valence-corrected chi connectivity index (χ1v) is 32.5. The van der Waals surface area contributed by atoms with Gasteiger partial charge >= 0.3 is 17.9 Å². The van der Waals surface area contributed by atoms with E-state index < -0.39 is 162 Å². The van der Waals surface area contributed by atoms with Crippen molar-refractivity contribution in [3.63, 3.8) is 0 Å². The normalized spacial score (nSPS) is 13.1. The number of hydrogen-bond donors (Lipinski definition) is 14. The first-order valence-electron chi connectivity index (χ1n) is 31.0. The van der Waals surface area contributed by atoms with Gasteiger partial charge in [-0.3, -0.25) is 57.5 Å². The molecule has 5 aromatic rings. The largest absolute Gasteiger partial charge is 0.481 e. The Morgan fingerprint density at radius 3 is 1.76 bits per heavy atom. The van der Waals surface area contributed by atoms with Gasteiger partial charge in [0, 0.05) is 67.9 Å². The number of carbonyl (C=O) groups is 12. The SMILES string of the molecule is CCCc1ccc(S(=O)(=O)NC(CC(=O)O)C(=O)NC(CCC(=O)O)C(=O)NCC(=O)NC(Cc2cccc(F)c2)C(=O)NC(Cc2c[nH]c3ccccc23)C(=O)NC(CCC(=O)O)C(=O)NCCCCCC(=O)NC(CCCCNC(=O)c2ccc(C)cc2)C(N)=O)cc1. The maximum absolute atomic E-state index is 14.6. The molecule has 95 heavy (non-hydrogen) atoms. The number of halogens is 1. The first kappa shape index (κ1) is 75.6. The summed E-state index contributed by atoms with van der Waals surface area (Å²) < 4.78 is 43.3. The van der Waals surface area contributed by atoms with E-state index in [0.717, 1.165) is 29.7 Å². The molecule has 6 unspecified atom stereocenters. The van der Waals surface area contributed by atoms with Crippen molar-refractivity contribution in [1.29, 1.82) is 0 Å². The molecule has 0 saturated carbocycles. The van der Waals surface area contributed by atoms with Crippen molar-refractivity contribution in [1.82, 2.24) is 52.2 Å². The Morgan fingerprint density at radius 1 is 0.547 bits per heavy atom. The maximum Gasteiger partial charge on any atom is 0.305 e. The third-order valence-corrected chi connectivity index (χ3v) is 16.5. The number of nitrogens with two attached hydrogens (primary N) is 1. The fraction of sp³-hybridized carbons (Fsp3) is 0.415. The Kier molecular flexibility index (Phi) is 30.4. The van der Waals surface area contributed by atoms with E-state index >= 15 is 0 Å². The second kappa shape index (κ2) is 38.2.